The van der Waals surface area contributed by atoms with Gasteiger partial charge in [0.15, 0.2) is 0 Å². The average molecular weight is 399 g/mol. The number of rotatable bonds is 4. The lowest BCUT2D eigenvalue weighted by atomic mass is 9.88. The zero-order valence-corrected chi connectivity index (χ0v) is 12.3. The van der Waals surface area contributed by atoms with Gasteiger partial charge >= 0.3 is 29.9 Å². The highest BCUT2D eigenvalue weighted by Crippen LogP contribution is 2.58. The van der Waals surface area contributed by atoms with Crippen LogP contribution in [0.15, 0.2) is 29.3 Å². The standard InChI is InChI=1S/C14H8F11N/c15-10(16,9-8-4-2-1-3-7(8)5-6-26-9)11(17,18)12(19,20)13(21,22)14(23,24)25/h1-4H,5-6H2. The van der Waals surface area contributed by atoms with E-state index in [9.17, 15) is 48.3 Å². The summed E-state index contributed by atoms with van der Waals surface area (Å²) in [5, 5.41) is 0. The van der Waals surface area contributed by atoms with Crippen LogP contribution in [0.1, 0.15) is 11.1 Å². The molecule has 0 atom stereocenters. The fourth-order valence-corrected chi connectivity index (χ4v) is 2.33. The van der Waals surface area contributed by atoms with Crippen molar-refractivity contribution in [2.45, 2.75) is 36.3 Å². The van der Waals surface area contributed by atoms with Crippen LogP contribution in [-0.4, -0.2) is 42.1 Å². The van der Waals surface area contributed by atoms with Crippen molar-refractivity contribution in [1.82, 2.24) is 0 Å². The van der Waals surface area contributed by atoms with Gasteiger partial charge in [0.25, 0.3) is 0 Å². The van der Waals surface area contributed by atoms with E-state index in [2.05, 4.69) is 4.99 Å². The van der Waals surface area contributed by atoms with Crippen molar-refractivity contribution >= 4 is 5.71 Å². The van der Waals surface area contributed by atoms with Crippen LogP contribution in [0.4, 0.5) is 48.3 Å². The maximum absolute atomic E-state index is 14.1. The maximum Gasteiger partial charge on any atom is 0.460 e. The van der Waals surface area contributed by atoms with Crippen molar-refractivity contribution in [3.63, 3.8) is 0 Å². The van der Waals surface area contributed by atoms with Gasteiger partial charge in [-0.1, -0.05) is 24.3 Å². The van der Waals surface area contributed by atoms with Crippen LogP contribution in [0.2, 0.25) is 0 Å². The Morgan fingerprint density at radius 1 is 0.692 bits per heavy atom. The minimum absolute atomic E-state index is 0.0149. The minimum atomic E-state index is -7.43. The molecule has 146 valence electrons. The van der Waals surface area contributed by atoms with Crippen LogP contribution in [0.25, 0.3) is 0 Å². The topological polar surface area (TPSA) is 12.4 Å². The van der Waals surface area contributed by atoms with Crippen molar-refractivity contribution < 1.29 is 48.3 Å². The third-order valence-corrected chi connectivity index (χ3v) is 3.76. The van der Waals surface area contributed by atoms with Crippen LogP contribution in [0.3, 0.4) is 0 Å². The van der Waals surface area contributed by atoms with Gasteiger partial charge in [-0.05, 0) is 12.0 Å². The summed E-state index contributed by atoms with van der Waals surface area (Å²) >= 11 is 0. The van der Waals surface area contributed by atoms with Gasteiger partial charge in [0.05, 0.1) is 0 Å². The summed E-state index contributed by atoms with van der Waals surface area (Å²) in [7, 11) is 0. The summed E-state index contributed by atoms with van der Waals surface area (Å²) in [4.78, 5) is 2.99. The lowest BCUT2D eigenvalue weighted by Gasteiger charge is -2.38. The first-order chi connectivity index (χ1) is 11.6. The molecule has 0 radical (unpaired) electrons. The molecule has 2 rings (SSSR count). The van der Waals surface area contributed by atoms with E-state index < -0.39 is 47.7 Å². The van der Waals surface area contributed by atoms with Gasteiger partial charge in [-0.3, -0.25) is 4.99 Å². The van der Waals surface area contributed by atoms with Crippen molar-refractivity contribution in [2.24, 2.45) is 4.99 Å². The molecule has 26 heavy (non-hydrogen) atoms. The van der Waals surface area contributed by atoms with Gasteiger partial charge in [0, 0.05) is 12.1 Å². The molecule has 1 heterocycles. The molecule has 0 fully saturated rings. The zero-order valence-electron chi connectivity index (χ0n) is 12.3. The van der Waals surface area contributed by atoms with Gasteiger partial charge in [0.2, 0.25) is 0 Å². The fraction of sp³-hybridized carbons (Fsp3) is 0.500. The Labute approximate surface area is 138 Å². The minimum Gasteiger partial charge on any atom is -0.282 e. The molecule has 0 aliphatic carbocycles. The maximum atomic E-state index is 14.1. The van der Waals surface area contributed by atoms with E-state index in [0.717, 1.165) is 12.1 Å². The van der Waals surface area contributed by atoms with Crippen LogP contribution in [0.5, 0.6) is 0 Å². The largest absolute Gasteiger partial charge is 0.460 e. The predicted octanol–water partition coefficient (Wildman–Crippen LogP) is 5.14. The van der Waals surface area contributed by atoms with Crippen molar-refractivity contribution in [1.29, 1.82) is 0 Å². The summed E-state index contributed by atoms with van der Waals surface area (Å²) in [5.41, 5.74) is -2.71. The first-order valence-corrected chi connectivity index (χ1v) is 6.80. The van der Waals surface area contributed by atoms with Crippen molar-refractivity contribution in [3.8, 4) is 0 Å². The van der Waals surface area contributed by atoms with E-state index in [0.29, 0.717) is 0 Å². The lowest BCUT2D eigenvalue weighted by molar-refractivity contribution is -0.414. The summed E-state index contributed by atoms with van der Waals surface area (Å²) < 4.78 is 144. The molecule has 0 saturated carbocycles. The molecule has 12 heteroatoms. The van der Waals surface area contributed by atoms with E-state index in [1.807, 2.05) is 0 Å². The Morgan fingerprint density at radius 2 is 1.23 bits per heavy atom. The molecule has 1 aliphatic rings. The summed E-state index contributed by atoms with van der Waals surface area (Å²) in [6, 6.07) is 4.36. The third-order valence-electron chi connectivity index (χ3n) is 3.76. The number of halogens is 11. The number of benzene rings is 1. The fourth-order valence-electron chi connectivity index (χ4n) is 2.33. The third kappa shape index (κ3) is 2.64. The summed E-state index contributed by atoms with van der Waals surface area (Å²) in [6.07, 6.45) is -7.21. The molecule has 0 bridgehead atoms. The number of fused-ring (bicyclic) bond motifs is 1. The molecular formula is C14H8F11N. The summed E-state index contributed by atoms with van der Waals surface area (Å²) in [5.74, 6) is -28.0. The molecule has 1 aromatic carbocycles. The van der Waals surface area contributed by atoms with Crippen LogP contribution >= 0.6 is 0 Å². The first-order valence-electron chi connectivity index (χ1n) is 6.80. The lowest BCUT2D eigenvalue weighted by Crippen LogP contribution is -2.68. The zero-order chi connectivity index (χ0) is 20.2. The van der Waals surface area contributed by atoms with Crippen LogP contribution in [-0.2, 0) is 6.42 Å². The molecule has 0 unspecified atom stereocenters. The van der Waals surface area contributed by atoms with Crippen LogP contribution in [0, 0.1) is 0 Å². The molecule has 1 aromatic rings. The Bertz CT molecular complexity index is 718. The van der Waals surface area contributed by atoms with E-state index in [4.69, 9.17) is 0 Å². The molecule has 0 N–H and O–H groups in total. The van der Waals surface area contributed by atoms with E-state index in [1.165, 1.54) is 12.1 Å². The number of aliphatic imine (C=N–C) groups is 1. The Morgan fingerprint density at radius 3 is 1.77 bits per heavy atom. The quantitative estimate of drug-likeness (QED) is 0.623. The number of alkyl halides is 11. The van der Waals surface area contributed by atoms with Crippen LogP contribution < -0.4 is 0 Å². The second kappa shape index (κ2) is 5.81. The van der Waals surface area contributed by atoms with Gasteiger partial charge in [-0.15, -0.1) is 0 Å². The van der Waals surface area contributed by atoms with Crippen molar-refractivity contribution in [2.75, 3.05) is 6.54 Å². The van der Waals surface area contributed by atoms with Gasteiger partial charge in [0.1, 0.15) is 5.71 Å². The van der Waals surface area contributed by atoms with E-state index in [1.54, 1.807) is 0 Å². The Kier molecular flexibility index (Phi) is 4.57. The number of nitrogens with zero attached hydrogens (tertiary/aromatic N) is 1. The second-order valence-electron chi connectivity index (χ2n) is 5.43. The average Bonchev–Trinajstić information content (AvgIpc) is 2.52. The molecule has 0 aromatic heterocycles. The smallest absolute Gasteiger partial charge is 0.282 e. The Balaban J connectivity index is 2.59. The monoisotopic (exact) mass is 399 g/mol. The number of hydrogen-bond donors (Lipinski definition) is 0. The van der Waals surface area contributed by atoms with E-state index >= 15 is 0 Å². The first kappa shape index (κ1) is 20.4. The Hall–Kier alpha value is -1.88. The van der Waals surface area contributed by atoms with E-state index in [-0.39, 0.29) is 12.0 Å². The molecule has 1 aliphatic heterocycles. The second-order valence-corrected chi connectivity index (χ2v) is 5.43. The highest BCUT2D eigenvalue weighted by Gasteiger charge is 2.87. The van der Waals surface area contributed by atoms with Crippen molar-refractivity contribution in [3.05, 3.63) is 35.4 Å². The molecule has 0 saturated heterocycles. The highest BCUT2D eigenvalue weighted by atomic mass is 19.4. The van der Waals surface area contributed by atoms with Gasteiger partial charge < -0.3 is 0 Å². The predicted molar refractivity (Wildman–Crippen MR) is 67.4 cm³/mol. The molecular weight excluding hydrogens is 391 g/mol. The summed E-state index contributed by atoms with van der Waals surface area (Å²) in [6.45, 7) is -0.556. The molecule has 0 amide bonds. The highest BCUT2D eigenvalue weighted by molar-refractivity contribution is 6.08. The normalized spacial score (nSPS) is 17.0. The van der Waals surface area contributed by atoms with Gasteiger partial charge in [-0.2, -0.15) is 48.3 Å². The molecule has 0 spiro atoms. The SMILES string of the molecule is FC(F)(F)C(F)(F)C(F)(F)C(F)(F)C(F)(F)C1=NCCc2ccccc21. The molecule has 1 nitrogen and oxygen atoms in total. The number of hydrogen-bond acceptors (Lipinski definition) is 1. The van der Waals surface area contributed by atoms with Gasteiger partial charge in [-0.25, -0.2) is 0 Å².